The predicted octanol–water partition coefficient (Wildman–Crippen LogP) is 2.26. The quantitative estimate of drug-likeness (QED) is 0.882. The van der Waals surface area contributed by atoms with Crippen molar-refractivity contribution in [2.75, 3.05) is 11.4 Å². The number of aliphatic carboxylic acids is 1. The number of hydrogen-bond donors (Lipinski definition) is 1. The lowest BCUT2D eigenvalue weighted by Gasteiger charge is -2.35. The van der Waals surface area contributed by atoms with Crippen LogP contribution in [0.1, 0.15) is 45.2 Å². The second-order valence-corrected chi connectivity index (χ2v) is 5.06. The van der Waals surface area contributed by atoms with Crippen LogP contribution in [0.15, 0.2) is 12.4 Å². The number of carboxylic acids is 1. The highest BCUT2D eigenvalue weighted by atomic mass is 16.4. The van der Waals surface area contributed by atoms with E-state index in [-0.39, 0.29) is 0 Å². The van der Waals surface area contributed by atoms with Crippen molar-refractivity contribution in [2.24, 2.45) is 0 Å². The fourth-order valence-electron chi connectivity index (χ4n) is 2.94. The largest absolute Gasteiger partial charge is 0.479 e. The van der Waals surface area contributed by atoms with E-state index in [4.69, 9.17) is 0 Å². The van der Waals surface area contributed by atoms with Gasteiger partial charge in [0.15, 0.2) is 0 Å². The average molecular weight is 263 g/mol. The molecule has 1 N–H and O–H groups in total. The predicted molar refractivity (Wildman–Crippen MR) is 73.3 cm³/mol. The van der Waals surface area contributed by atoms with Crippen LogP contribution in [-0.4, -0.2) is 33.1 Å². The number of rotatable bonds is 5. The Balaban J connectivity index is 2.38. The van der Waals surface area contributed by atoms with Crippen LogP contribution in [-0.2, 0) is 11.2 Å². The van der Waals surface area contributed by atoms with Crippen molar-refractivity contribution in [3.05, 3.63) is 18.1 Å². The first kappa shape index (κ1) is 13.8. The van der Waals surface area contributed by atoms with Gasteiger partial charge in [0, 0.05) is 18.3 Å². The van der Waals surface area contributed by atoms with Crippen LogP contribution in [0, 0.1) is 0 Å². The molecule has 5 nitrogen and oxygen atoms in total. The maximum absolute atomic E-state index is 11.8. The van der Waals surface area contributed by atoms with Gasteiger partial charge in [-0.1, -0.05) is 20.3 Å². The molecule has 0 spiro atoms. The summed E-state index contributed by atoms with van der Waals surface area (Å²) in [5.74, 6) is 0.0173. The first-order valence-corrected chi connectivity index (χ1v) is 6.96. The van der Waals surface area contributed by atoms with Crippen molar-refractivity contribution in [2.45, 2.75) is 51.5 Å². The molecule has 1 aromatic heterocycles. The fraction of sp³-hybridized carbons (Fsp3) is 0.643. The Kier molecular flexibility index (Phi) is 4.02. The average Bonchev–Trinajstić information content (AvgIpc) is 2.84. The minimum absolute atomic E-state index is 0.661. The normalized spacial score (nSPS) is 22.7. The number of carboxylic acid groups (broad SMARTS) is 1. The molecule has 0 bridgehead atoms. The third kappa shape index (κ3) is 2.41. The Morgan fingerprint density at radius 2 is 2.26 bits per heavy atom. The molecule has 2 rings (SSSR count). The van der Waals surface area contributed by atoms with E-state index in [2.05, 4.69) is 9.97 Å². The lowest BCUT2D eigenvalue weighted by Crippen LogP contribution is -2.51. The smallest absolute Gasteiger partial charge is 0.329 e. The molecule has 0 amide bonds. The summed E-state index contributed by atoms with van der Waals surface area (Å²) in [4.78, 5) is 22.2. The number of aromatic nitrogens is 2. The summed E-state index contributed by atoms with van der Waals surface area (Å²) in [5, 5.41) is 9.67. The Labute approximate surface area is 113 Å². The van der Waals surface area contributed by atoms with Gasteiger partial charge in [-0.15, -0.1) is 0 Å². The number of nitrogens with zero attached hydrogens (tertiary/aromatic N) is 3. The summed E-state index contributed by atoms with van der Waals surface area (Å²) in [7, 11) is 0. The lowest BCUT2D eigenvalue weighted by molar-refractivity contribution is -0.143. The van der Waals surface area contributed by atoms with Gasteiger partial charge in [0.05, 0.1) is 0 Å². The molecule has 1 fully saturated rings. The van der Waals surface area contributed by atoms with Crippen LogP contribution in [0.25, 0.3) is 0 Å². The zero-order valence-electron chi connectivity index (χ0n) is 11.6. The molecule has 2 heterocycles. The molecule has 5 heteroatoms. The van der Waals surface area contributed by atoms with E-state index in [0.717, 1.165) is 37.3 Å². The summed E-state index contributed by atoms with van der Waals surface area (Å²) in [6, 6.07) is 1.92. The van der Waals surface area contributed by atoms with Gasteiger partial charge in [-0.05, 0) is 25.7 Å². The number of carbonyl (C=O) groups is 1. The molecule has 0 radical (unpaired) electrons. The van der Waals surface area contributed by atoms with E-state index >= 15 is 0 Å². The van der Waals surface area contributed by atoms with Crippen molar-refractivity contribution in [1.82, 2.24) is 9.97 Å². The lowest BCUT2D eigenvalue weighted by atomic mass is 9.90. The summed E-state index contributed by atoms with van der Waals surface area (Å²) in [6.07, 6.45) is 5.48. The van der Waals surface area contributed by atoms with E-state index in [0.29, 0.717) is 12.8 Å². The highest BCUT2D eigenvalue weighted by Crippen LogP contribution is 2.37. The molecule has 1 aliphatic heterocycles. The van der Waals surface area contributed by atoms with E-state index in [1.165, 1.54) is 6.33 Å². The number of aryl methyl sites for hydroxylation is 1. The summed E-state index contributed by atoms with van der Waals surface area (Å²) < 4.78 is 0. The standard InChI is InChI=1S/C14H21N3O2/c1-3-6-14(13(18)19)7-5-8-17(14)12-9-11(4-2)15-10-16-12/h9-10H,3-8H2,1-2H3,(H,18,19). The molecule has 104 valence electrons. The number of hydrogen-bond acceptors (Lipinski definition) is 4. The Morgan fingerprint density at radius 3 is 2.89 bits per heavy atom. The minimum Gasteiger partial charge on any atom is -0.479 e. The number of anilines is 1. The zero-order chi connectivity index (χ0) is 13.9. The third-order valence-corrected chi connectivity index (χ3v) is 3.90. The van der Waals surface area contributed by atoms with E-state index in [1.807, 2.05) is 24.8 Å². The second kappa shape index (κ2) is 5.55. The molecule has 1 atom stereocenters. The van der Waals surface area contributed by atoms with Gasteiger partial charge >= 0.3 is 5.97 Å². The van der Waals surface area contributed by atoms with Crippen molar-refractivity contribution in [3.63, 3.8) is 0 Å². The molecule has 0 aromatic carbocycles. The van der Waals surface area contributed by atoms with Gasteiger partial charge in [-0.2, -0.15) is 0 Å². The van der Waals surface area contributed by atoms with Gasteiger partial charge in [-0.3, -0.25) is 0 Å². The van der Waals surface area contributed by atoms with Gasteiger partial charge in [0.1, 0.15) is 17.7 Å². The zero-order valence-corrected chi connectivity index (χ0v) is 11.6. The highest BCUT2D eigenvalue weighted by molar-refractivity contribution is 5.84. The summed E-state index contributed by atoms with van der Waals surface area (Å²) >= 11 is 0. The van der Waals surface area contributed by atoms with Crippen molar-refractivity contribution in [1.29, 1.82) is 0 Å². The van der Waals surface area contributed by atoms with Crippen LogP contribution < -0.4 is 4.90 Å². The molecule has 0 aliphatic carbocycles. The van der Waals surface area contributed by atoms with Crippen LogP contribution in [0.2, 0.25) is 0 Å². The molecule has 19 heavy (non-hydrogen) atoms. The Bertz CT molecular complexity index is 464. The maximum atomic E-state index is 11.8. The first-order chi connectivity index (χ1) is 9.14. The monoisotopic (exact) mass is 263 g/mol. The highest BCUT2D eigenvalue weighted by Gasteiger charge is 2.47. The Morgan fingerprint density at radius 1 is 1.47 bits per heavy atom. The molecule has 0 saturated carbocycles. The second-order valence-electron chi connectivity index (χ2n) is 5.06. The van der Waals surface area contributed by atoms with Crippen molar-refractivity contribution in [3.8, 4) is 0 Å². The molecular formula is C14H21N3O2. The van der Waals surface area contributed by atoms with Crippen LogP contribution in [0.5, 0.6) is 0 Å². The van der Waals surface area contributed by atoms with Gasteiger partial charge < -0.3 is 10.0 Å². The third-order valence-electron chi connectivity index (χ3n) is 3.90. The topological polar surface area (TPSA) is 66.3 Å². The van der Waals surface area contributed by atoms with Gasteiger partial charge in [-0.25, -0.2) is 14.8 Å². The van der Waals surface area contributed by atoms with Crippen LogP contribution in [0.3, 0.4) is 0 Å². The van der Waals surface area contributed by atoms with Gasteiger partial charge in [0.2, 0.25) is 0 Å². The molecular weight excluding hydrogens is 242 g/mol. The van der Waals surface area contributed by atoms with Crippen LogP contribution >= 0.6 is 0 Å². The van der Waals surface area contributed by atoms with E-state index in [9.17, 15) is 9.90 Å². The van der Waals surface area contributed by atoms with Gasteiger partial charge in [0.25, 0.3) is 0 Å². The Hall–Kier alpha value is -1.65. The molecule has 1 unspecified atom stereocenters. The minimum atomic E-state index is -0.784. The van der Waals surface area contributed by atoms with Crippen molar-refractivity contribution < 1.29 is 9.90 Å². The molecule has 1 saturated heterocycles. The molecule has 1 aliphatic rings. The van der Waals surface area contributed by atoms with Crippen LogP contribution in [0.4, 0.5) is 5.82 Å². The SMILES string of the molecule is CCCC1(C(=O)O)CCCN1c1cc(CC)ncn1. The van der Waals surface area contributed by atoms with E-state index < -0.39 is 11.5 Å². The maximum Gasteiger partial charge on any atom is 0.329 e. The van der Waals surface area contributed by atoms with E-state index in [1.54, 1.807) is 0 Å². The fourth-order valence-corrected chi connectivity index (χ4v) is 2.94. The first-order valence-electron chi connectivity index (χ1n) is 6.96. The summed E-state index contributed by atoms with van der Waals surface area (Å²) in [5.41, 5.74) is 0.168. The van der Waals surface area contributed by atoms with Crippen molar-refractivity contribution >= 4 is 11.8 Å². The molecule has 1 aromatic rings. The summed E-state index contributed by atoms with van der Waals surface area (Å²) in [6.45, 7) is 4.82.